The molecule has 1 saturated heterocycles. The minimum Gasteiger partial charge on any atom is -0.452 e. The highest BCUT2D eigenvalue weighted by Gasteiger charge is 2.26. The summed E-state index contributed by atoms with van der Waals surface area (Å²) in [5.41, 5.74) is 0.149. The maximum atomic E-state index is 12.9. The number of rotatable bonds is 7. The Labute approximate surface area is 197 Å². The summed E-state index contributed by atoms with van der Waals surface area (Å²) in [6.45, 7) is 0.230. The van der Waals surface area contributed by atoms with Crippen molar-refractivity contribution in [2.75, 3.05) is 31.3 Å². The van der Waals surface area contributed by atoms with Crippen LogP contribution in [0.5, 0.6) is 0 Å². The van der Waals surface area contributed by atoms with E-state index in [2.05, 4.69) is 5.32 Å². The van der Waals surface area contributed by atoms with Gasteiger partial charge < -0.3 is 10.1 Å². The number of hydrogen-bond acceptors (Lipinski definition) is 7. The lowest BCUT2D eigenvalue weighted by Crippen LogP contribution is -2.35. The number of anilines is 1. The van der Waals surface area contributed by atoms with E-state index in [1.165, 1.54) is 46.8 Å². The number of piperidine rings is 1. The summed E-state index contributed by atoms with van der Waals surface area (Å²) < 4.78 is 55.0. The molecule has 1 N–H and O–H groups in total. The molecule has 0 unspecified atom stereocenters. The Morgan fingerprint density at radius 2 is 1.58 bits per heavy atom. The highest BCUT2D eigenvalue weighted by atomic mass is 35.5. The maximum absolute atomic E-state index is 12.9. The molecule has 3 rings (SSSR count). The number of esters is 1. The molecule has 0 aromatic heterocycles. The van der Waals surface area contributed by atoms with Crippen LogP contribution >= 0.6 is 11.6 Å². The van der Waals surface area contributed by atoms with Crippen LogP contribution < -0.4 is 5.32 Å². The number of sulfone groups is 1. The van der Waals surface area contributed by atoms with Crippen molar-refractivity contribution in [2.24, 2.45) is 0 Å². The summed E-state index contributed by atoms with van der Waals surface area (Å²) in [6, 6.07) is 9.12. The van der Waals surface area contributed by atoms with Crippen LogP contribution in [0.2, 0.25) is 5.02 Å². The zero-order chi connectivity index (χ0) is 24.2. The predicted octanol–water partition coefficient (Wildman–Crippen LogP) is 2.71. The fraction of sp³-hybridized carbons (Fsp3) is 0.333. The lowest BCUT2D eigenvalue weighted by Gasteiger charge is -2.26. The van der Waals surface area contributed by atoms with Crippen molar-refractivity contribution in [2.45, 2.75) is 29.1 Å². The number of carbonyl (C=O) groups is 2. The van der Waals surface area contributed by atoms with Gasteiger partial charge in [0.2, 0.25) is 10.0 Å². The number of nitrogens with one attached hydrogen (secondary N) is 1. The molecule has 0 spiro atoms. The summed E-state index contributed by atoms with van der Waals surface area (Å²) >= 11 is 6.11. The highest BCUT2D eigenvalue weighted by molar-refractivity contribution is 7.90. The summed E-state index contributed by atoms with van der Waals surface area (Å²) in [6.07, 6.45) is 3.61. The summed E-state index contributed by atoms with van der Waals surface area (Å²) in [5, 5.41) is 2.58. The van der Waals surface area contributed by atoms with Gasteiger partial charge in [-0.1, -0.05) is 18.0 Å². The van der Waals surface area contributed by atoms with Crippen molar-refractivity contribution in [3.63, 3.8) is 0 Å². The molecule has 0 radical (unpaired) electrons. The van der Waals surface area contributed by atoms with Gasteiger partial charge in [0, 0.05) is 19.3 Å². The van der Waals surface area contributed by atoms with Gasteiger partial charge in [0.1, 0.15) is 0 Å². The van der Waals surface area contributed by atoms with Crippen LogP contribution in [0, 0.1) is 0 Å². The molecule has 2 aromatic carbocycles. The van der Waals surface area contributed by atoms with Crippen molar-refractivity contribution >= 4 is 49.0 Å². The van der Waals surface area contributed by atoms with Gasteiger partial charge in [0.25, 0.3) is 5.91 Å². The average molecular weight is 515 g/mol. The second kappa shape index (κ2) is 10.2. The molecule has 0 aliphatic carbocycles. The molecule has 1 heterocycles. The van der Waals surface area contributed by atoms with E-state index in [0.717, 1.165) is 25.5 Å². The Morgan fingerprint density at radius 3 is 2.18 bits per heavy atom. The van der Waals surface area contributed by atoms with E-state index in [9.17, 15) is 26.4 Å². The van der Waals surface area contributed by atoms with Gasteiger partial charge in [-0.25, -0.2) is 21.6 Å². The van der Waals surface area contributed by atoms with E-state index < -0.39 is 38.3 Å². The van der Waals surface area contributed by atoms with E-state index in [4.69, 9.17) is 16.3 Å². The molecule has 0 atom stereocenters. The van der Waals surface area contributed by atoms with Crippen LogP contribution in [0.15, 0.2) is 52.3 Å². The summed E-state index contributed by atoms with van der Waals surface area (Å²) in [7, 11) is -7.12. The molecule has 2 aromatic rings. The van der Waals surface area contributed by atoms with E-state index >= 15 is 0 Å². The zero-order valence-corrected chi connectivity index (χ0v) is 20.2. The number of ether oxygens (including phenoxy) is 1. The van der Waals surface area contributed by atoms with Gasteiger partial charge in [-0.15, -0.1) is 0 Å². The Kier molecular flexibility index (Phi) is 7.78. The van der Waals surface area contributed by atoms with Crippen molar-refractivity contribution in [1.82, 2.24) is 4.31 Å². The number of amides is 1. The van der Waals surface area contributed by atoms with Crippen LogP contribution in [0.4, 0.5) is 5.69 Å². The van der Waals surface area contributed by atoms with Crippen LogP contribution in [-0.4, -0.2) is 59.0 Å². The molecule has 9 nitrogen and oxygen atoms in total. The lowest BCUT2D eigenvalue weighted by molar-refractivity contribution is -0.119. The normalized spacial score (nSPS) is 15.1. The van der Waals surface area contributed by atoms with Gasteiger partial charge >= 0.3 is 5.97 Å². The molecule has 178 valence electrons. The third kappa shape index (κ3) is 6.32. The number of halogens is 1. The maximum Gasteiger partial charge on any atom is 0.338 e. The lowest BCUT2D eigenvalue weighted by atomic mass is 10.2. The Bertz CT molecular complexity index is 1250. The van der Waals surface area contributed by atoms with Crippen molar-refractivity contribution < 1.29 is 31.2 Å². The first kappa shape index (κ1) is 25.2. The monoisotopic (exact) mass is 514 g/mol. The van der Waals surface area contributed by atoms with E-state index in [1.54, 1.807) is 0 Å². The quantitative estimate of drug-likeness (QED) is 0.563. The van der Waals surface area contributed by atoms with Gasteiger partial charge in [0.05, 0.1) is 26.1 Å². The Balaban J connectivity index is 1.64. The van der Waals surface area contributed by atoms with Crippen LogP contribution in [0.1, 0.15) is 29.6 Å². The van der Waals surface area contributed by atoms with E-state index in [-0.39, 0.29) is 26.1 Å². The van der Waals surface area contributed by atoms with Crippen molar-refractivity contribution in [3.05, 3.63) is 53.1 Å². The average Bonchev–Trinajstić information content (AvgIpc) is 2.79. The van der Waals surface area contributed by atoms with Crippen LogP contribution in [0.3, 0.4) is 0 Å². The minimum absolute atomic E-state index is 0.00654. The molecule has 0 bridgehead atoms. The molecule has 1 aliphatic rings. The van der Waals surface area contributed by atoms with E-state index in [0.29, 0.717) is 13.1 Å². The standard InChI is InChI=1S/C21H23ClN2O7S2/c1-32(27,28)16-7-5-15(6-8-16)21(26)31-14-20(25)23-19-13-17(9-10-18(19)22)33(29,30)24-11-3-2-4-12-24/h5-10,13H,2-4,11-12,14H2,1H3,(H,23,25). The first-order chi connectivity index (χ1) is 15.5. The van der Waals surface area contributed by atoms with Gasteiger partial charge in [0.15, 0.2) is 16.4 Å². The Hall–Kier alpha value is -2.47. The Morgan fingerprint density at radius 1 is 0.970 bits per heavy atom. The van der Waals surface area contributed by atoms with Gasteiger partial charge in [-0.3, -0.25) is 4.79 Å². The summed E-state index contributed by atoms with van der Waals surface area (Å²) in [4.78, 5) is 24.4. The van der Waals surface area contributed by atoms with Gasteiger partial charge in [-0.2, -0.15) is 4.31 Å². The zero-order valence-electron chi connectivity index (χ0n) is 17.8. The SMILES string of the molecule is CS(=O)(=O)c1ccc(C(=O)OCC(=O)Nc2cc(S(=O)(=O)N3CCCCC3)ccc2Cl)cc1. The summed E-state index contributed by atoms with van der Waals surface area (Å²) in [5.74, 6) is -1.54. The number of benzene rings is 2. The fourth-order valence-corrected chi connectivity index (χ4v) is 5.59. The molecule has 1 aliphatic heterocycles. The van der Waals surface area contributed by atoms with Crippen molar-refractivity contribution in [3.8, 4) is 0 Å². The third-order valence-corrected chi connectivity index (χ3v) is 8.37. The second-order valence-electron chi connectivity index (χ2n) is 7.53. The second-order valence-corrected chi connectivity index (χ2v) is 11.9. The molecule has 1 fully saturated rings. The topological polar surface area (TPSA) is 127 Å². The van der Waals surface area contributed by atoms with Crippen LogP contribution in [-0.2, 0) is 29.4 Å². The largest absolute Gasteiger partial charge is 0.452 e. The smallest absolute Gasteiger partial charge is 0.338 e. The minimum atomic E-state index is -3.72. The molecule has 1 amide bonds. The van der Waals surface area contributed by atoms with E-state index in [1.807, 2.05) is 0 Å². The fourth-order valence-electron chi connectivity index (χ4n) is 3.25. The number of hydrogen-bond donors (Lipinski definition) is 1. The number of nitrogens with zero attached hydrogens (tertiary/aromatic N) is 1. The number of carbonyl (C=O) groups excluding carboxylic acids is 2. The van der Waals surface area contributed by atoms with Gasteiger partial charge in [-0.05, 0) is 55.3 Å². The molecular weight excluding hydrogens is 492 g/mol. The molecular formula is C21H23ClN2O7S2. The molecule has 12 heteroatoms. The highest BCUT2D eigenvalue weighted by Crippen LogP contribution is 2.28. The predicted molar refractivity (Wildman–Crippen MR) is 123 cm³/mol. The van der Waals surface area contributed by atoms with Crippen molar-refractivity contribution in [1.29, 1.82) is 0 Å². The van der Waals surface area contributed by atoms with Crippen LogP contribution in [0.25, 0.3) is 0 Å². The third-order valence-electron chi connectivity index (χ3n) is 5.02. The number of sulfonamides is 1. The first-order valence-corrected chi connectivity index (χ1v) is 13.8. The molecule has 0 saturated carbocycles. The molecule has 33 heavy (non-hydrogen) atoms. The first-order valence-electron chi connectivity index (χ1n) is 10.1.